The Hall–Kier alpha value is -2.54. The molecule has 2 aromatic rings. The molecule has 2 aromatic carbocycles. The maximum absolute atomic E-state index is 13.5. The molecule has 0 radical (unpaired) electrons. The molecule has 0 spiro atoms. The van der Waals surface area contributed by atoms with Gasteiger partial charge < -0.3 is 9.80 Å². The number of likely N-dealkylation sites (N-methyl/N-ethyl adjacent to an activating group) is 1. The molecular formula is C17H16FN3. The van der Waals surface area contributed by atoms with Crippen LogP contribution in [-0.2, 0) is 6.54 Å². The fourth-order valence-electron chi connectivity index (χ4n) is 2.74. The number of rotatable bonds is 2. The molecule has 0 saturated heterocycles. The molecule has 0 unspecified atom stereocenters. The van der Waals surface area contributed by atoms with E-state index in [0.29, 0.717) is 12.1 Å². The van der Waals surface area contributed by atoms with Crippen LogP contribution in [0.2, 0.25) is 0 Å². The molecule has 0 amide bonds. The number of benzene rings is 2. The van der Waals surface area contributed by atoms with E-state index < -0.39 is 0 Å². The Kier molecular flexibility index (Phi) is 3.49. The van der Waals surface area contributed by atoms with Crippen molar-refractivity contribution in [2.45, 2.75) is 6.54 Å². The minimum atomic E-state index is -0.300. The van der Waals surface area contributed by atoms with Crippen LogP contribution in [0.4, 0.5) is 15.8 Å². The SMILES string of the molecule is CN1CCN(Cc2cc(F)ccc2C#N)c2ccccc21. The molecule has 4 heteroatoms. The highest BCUT2D eigenvalue weighted by Crippen LogP contribution is 2.33. The monoisotopic (exact) mass is 281 g/mol. The van der Waals surface area contributed by atoms with Crippen LogP contribution in [0.5, 0.6) is 0 Å². The Morgan fingerprint density at radius 3 is 2.67 bits per heavy atom. The molecule has 0 atom stereocenters. The topological polar surface area (TPSA) is 30.3 Å². The van der Waals surface area contributed by atoms with Gasteiger partial charge in [-0.2, -0.15) is 5.26 Å². The van der Waals surface area contributed by atoms with Crippen molar-refractivity contribution in [2.75, 3.05) is 29.9 Å². The molecule has 1 aliphatic rings. The first-order valence-corrected chi connectivity index (χ1v) is 6.92. The van der Waals surface area contributed by atoms with E-state index >= 15 is 0 Å². The minimum Gasteiger partial charge on any atom is -0.371 e. The van der Waals surface area contributed by atoms with Gasteiger partial charge in [-0.15, -0.1) is 0 Å². The Labute approximate surface area is 123 Å². The highest BCUT2D eigenvalue weighted by Gasteiger charge is 2.20. The van der Waals surface area contributed by atoms with Gasteiger partial charge in [0.2, 0.25) is 0 Å². The van der Waals surface area contributed by atoms with E-state index in [2.05, 4.69) is 35.0 Å². The molecule has 0 bridgehead atoms. The Bertz CT molecular complexity index is 705. The van der Waals surface area contributed by atoms with Crippen molar-refractivity contribution in [3.63, 3.8) is 0 Å². The predicted molar refractivity (Wildman–Crippen MR) is 81.9 cm³/mol. The minimum absolute atomic E-state index is 0.300. The van der Waals surface area contributed by atoms with Crippen LogP contribution in [0.1, 0.15) is 11.1 Å². The molecule has 0 saturated carbocycles. The van der Waals surface area contributed by atoms with Crippen LogP contribution < -0.4 is 9.80 Å². The van der Waals surface area contributed by atoms with Gasteiger partial charge in [0.25, 0.3) is 0 Å². The summed E-state index contributed by atoms with van der Waals surface area (Å²) in [5.41, 5.74) is 3.56. The zero-order valence-electron chi connectivity index (χ0n) is 11.9. The van der Waals surface area contributed by atoms with E-state index in [1.807, 2.05) is 12.1 Å². The number of para-hydroxylation sites is 2. The van der Waals surface area contributed by atoms with Crippen molar-refractivity contribution in [2.24, 2.45) is 0 Å². The molecular weight excluding hydrogens is 265 g/mol. The summed E-state index contributed by atoms with van der Waals surface area (Å²) in [6.07, 6.45) is 0. The van der Waals surface area contributed by atoms with Crippen molar-refractivity contribution < 1.29 is 4.39 Å². The van der Waals surface area contributed by atoms with E-state index in [9.17, 15) is 9.65 Å². The summed E-state index contributed by atoms with van der Waals surface area (Å²) >= 11 is 0. The quantitative estimate of drug-likeness (QED) is 0.847. The first-order chi connectivity index (χ1) is 10.2. The zero-order valence-corrected chi connectivity index (χ0v) is 11.9. The fourth-order valence-corrected chi connectivity index (χ4v) is 2.74. The third-order valence-corrected chi connectivity index (χ3v) is 3.89. The molecule has 3 nitrogen and oxygen atoms in total. The second-order valence-corrected chi connectivity index (χ2v) is 5.25. The molecule has 1 heterocycles. The largest absolute Gasteiger partial charge is 0.371 e. The summed E-state index contributed by atoms with van der Waals surface area (Å²) in [4.78, 5) is 4.41. The third kappa shape index (κ3) is 2.55. The summed E-state index contributed by atoms with van der Waals surface area (Å²) in [5.74, 6) is -0.300. The van der Waals surface area contributed by atoms with Gasteiger partial charge in [-0.3, -0.25) is 0 Å². The molecule has 0 aromatic heterocycles. The maximum atomic E-state index is 13.5. The summed E-state index contributed by atoms with van der Waals surface area (Å²) in [5, 5.41) is 9.18. The van der Waals surface area contributed by atoms with Crippen LogP contribution in [0.15, 0.2) is 42.5 Å². The molecule has 106 valence electrons. The van der Waals surface area contributed by atoms with E-state index in [4.69, 9.17) is 0 Å². The Balaban J connectivity index is 1.95. The summed E-state index contributed by atoms with van der Waals surface area (Å²) in [6, 6.07) is 14.6. The lowest BCUT2D eigenvalue weighted by Gasteiger charge is -2.37. The van der Waals surface area contributed by atoms with Crippen molar-refractivity contribution in [1.82, 2.24) is 0 Å². The van der Waals surface area contributed by atoms with Gasteiger partial charge in [0.15, 0.2) is 0 Å². The molecule has 0 aliphatic carbocycles. The first kappa shape index (κ1) is 13.4. The van der Waals surface area contributed by atoms with Crippen LogP contribution in [0.3, 0.4) is 0 Å². The average Bonchev–Trinajstić information content (AvgIpc) is 2.51. The van der Waals surface area contributed by atoms with Crippen molar-refractivity contribution in [3.05, 3.63) is 59.4 Å². The van der Waals surface area contributed by atoms with Crippen molar-refractivity contribution in [1.29, 1.82) is 5.26 Å². The van der Waals surface area contributed by atoms with E-state index in [-0.39, 0.29) is 5.82 Å². The van der Waals surface area contributed by atoms with Gasteiger partial charge in [-0.05, 0) is 35.9 Å². The van der Waals surface area contributed by atoms with Crippen molar-refractivity contribution in [3.8, 4) is 6.07 Å². The van der Waals surface area contributed by atoms with Gasteiger partial charge in [0, 0.05) is 26.7 Å². The number of nitriles is 1. The lowest BCUT2D eigenvalue weighted by atomic mass is 10.1. The van der Waals surface area contributed by atoms with Gasteiger partial charge in [-0.1, -0.05) is 12.1 Å². The molecule has 1 aliphatic heterocycles. The highest BCUT2D eigenvalue weighted by atomic mass is 19.1. The Morgan fingerprint density at radius 1 is 1.14 bits per heavy atom. The van der Waals surface area contributed by atoms with Gasteiger partial charge in [0.1, 0.15) is 5.82 Å². The number of fused-ring (bicyclic) bond motifs is 1. The molecule has 3 rings (SSSR count). The van der Waals surface area contributed by atoms with Crippen molar-refractivity contribution >= 4 is 11.4 Å². The number of hydrogen-bond acceptors (Lipinski definition) is 3. The number of nitrogens with zero attached hydrogens (tertiary/aromatic N) is 3. The van der Waals surface area contributed by atoms with Crippen LogP contribution in [0, 0.1) is 17.1 Å². The second kappa shape index (κ2) is 5.45. The lowest BCUT2D eigenvalue weighted by molar-refractivity contribution is 0.623. The van der Waals surface area contributed by atoms with Crippen LogP contribution in [0.25, 0.3) is 0 Å². The summed E-state index contributed by atoms with van der Waals surface area (Å²) in [7, 11) is 2.07. The predicted octanol–water partition coefficient (Wildman–Crippen LogP) is 3.15. The van der Waals surface area contributed by atoms with E-state index in [1.54, 1.807) is 6.07 Å². The smallest absolute Gasteiger partial charge is 0.123 e. The van der Waals surface area contributed by atoms with Crippen LogP contribution >= 0.6 is 0 Å². The normalized spacial score (nSPS) is 13.8. The van der Waals surface area contributed by atoms with Gasteiger partial charge >= 0.3 is 0 Å². The van der Waals surface area contributed by atoms with Crippen LogP contribution in [-0.4, -0.2) is 20.1 Å². The number of anilines is 2. The number of hydrogen-bond donors (Lipinski definition) is 0. The standard InChI is InChI=1S/C17H16FN3/c1-20-8-9-21(17-5-3-2-4-16(17)20)12-14-10-15(18)7-6-13(14)11-19/h2-7,10H,8-9,12H2,1H3. The Morgan fingerprint density at radius 2 is 1.90 bits per heavy atom. The molecule has 0 N–H and O–H groups in total. The van der Waals surface area contributed by atoms with Gasteiger partial charge in [0.05, 0.1) is 23.0 Å². The van der Waals surface area contributed by atoms with E-state index in [1.165, 1.54) is 17.8 Å². The maximum Gasteiger partial charge on any atom is 0.123 e. The lowest BCUT2D eigenvalue weighted by Crippen LogP contribution is -2.38. The number of halogens is 1. The summed E-state index contributed by atoms with van der Waals surface area (Å²) in [6.45, 7) is 2.31. The average molecular weight is 281 g/mol. The fraction of sp³-hybridized carbons (Fsp3) is 0.235. The third-order valence-electron chi connectivity index (χ3n) is 3.89. The molecule has 21 heavy (non-hydrogen) atoms. The van der Waals surface area contributed by atoms with E-state index in [0.717, 1.165) is 24.3 Å². The highest BCUT2D eigenvalue weighted by molar-refractivity contribution is 5.73. The molecule has 0 fully saturated rings. The zero-order chi connectivity index (χ0) is 14.8. The summed E-state index contributed by atoms with van der Waals surface area (Å²) < 4.78 is 13.5. The first-order valence-electron chi connectivity index (χ1n) is 6.92. The van der Waals surface area contributed by atoms with Gasteiger partial charge in [-0.25, -0.2) is 4.39 Å². The second-order valence-electron chi connectivity index (χ2n) is 5.25.